The lowest BCUT2D eigenvalue weighted by Gasteiger charge is -2.40. The molecular weight excluding hydrogens is 619 g/mol. The number of aromatic nitrogens is 2. The summed E-state index contributed by atoms with van der Waals surface area (Å²) in [6.07, 6.45) is -3.22. The van der Waals surface area contributed by atoms with Crippen LogP contribution in [0.1, 0.15) is 91.9 Å². The van der Waals surface area contributed by atoms with Crippen LogP contribution in [0.3, 0.4) is 0 Å². The largest absolute Gasteiger partial charge is 0.480 e. The van der Waals surface area contributed by atoms with E-state index >= 15 is 0 Å². The van der Waals surface area contributed by atoms with E-state index in [1.54, 1.807) is 27.7 Å². The molecule has 0 radical (unpaired) electrons. The number of nitrogens with two attached hydrogens (primary N) is 1. The van der Waals surface area contributed by atoms with E-state index in [9.17, 15) is 45.6 Å². The normalized spacial score (nSPS) is 21.1. The fourth-order valence-corrected chi connectivity index (χ4v) is 7.29. The van der Waals surface area contributed by atoms with E-state index < -0.39 is 74.5 Å². The molecule has 0 saturated heterocycles. The highest BCUT2D eigenvalue weighted by atomic mass is 32.2. The highest BCUT2D eigenvalue weighted by Crippen LogP contribution is 2.42. The Hall–Kier alpha value is -3.50. The molecule has 45 heavy (non-hydrogen) atoms. The van der Waals surface area contributed by atoms with Gasteiger partial charge in [0, 0.05) is 24.2 Å². The van der Waals surface area contributed by atoms with Crippen LogP contribution in [0.4, 0.5) is 18.9 Å². The monoisotopic (exact) mass is 657 g/mol. The second-order valence-electron chi connectivity index (χ2n) is 13.0. The summed E-state index contributed by atoms with van der Waals surface area (Å²) >= 11 is 0. The third kappa shape index (κ3) is 7.66. The lowest BCUT2D eigenvalue weighted by molar-refractivity contribution is -0.146. The maximum absolute atomic E-state index is 14.0. The molecule has 12 nitrogen and oxygen atoms in total. The number of hydrogen-bond donors (Lipinski definition) is 4. The molecule has 0 aliphatic heterocycles. The van der Waals surface area contributed by atoms with E-state index in [4.69, 9.17) is 5.73 Å². The fourth-order valence-electron chi connectivity index (χ4n) is 6.54. The molecule has 16 heteroatoms. The molecule has 248 valence electrons. The number of carboxylic acid groups (broad SMARTS) is 1. The van der Waals surface area contributed by atoms with Crippen molar-refractivity contribution in [1.29, 1.82) is 0 Å². The molecule has 4 rings (SSSR count). The fraction of sp³-hybridized carbons (Fsp3) is 0.586. The number of primary amides is 1. The number of halogens is 3. The quantitative estimate of drug-likeness (QED) is 0.271. The summed E-state index contributed by atoms with van der Waals surface area (Å²) in [7, 11) is -4.52. The zero-order valence-corrected chi connectivity index (χ0v) is 26.2. The Balaban J connectivity index is 1.64. The summed E-state index contributed by atoms with van der Waals surface area (Å²) in [6.45, 7) is 6.86. The van der Waals surface area contributed by atoms with E-state index in [1.165, 1.54) is 23.1 Å². The molecule has 1 aromatic heterocycles. The number of rotatable bonds is 10. The van der Waals surface area contributed by atoms with E-state index in [0.29, 0.717) is 25.7 Å². The van der Waals surface area contributed by atoms with Gasteiger partial charge < -0.3 is 16.2 Å². The number of carboxylic acids is 1. The number of alkyl halides is 3. The van der Waals surface area contributed by atoms with Crippen LogP contribution < -0.4 is 11.1 Å². The van der Waals surface area contributed by atoms with Gasteiger partial charge in [0.05, 0.1) is 22.5 Å². The molecule has 2 aliphatic rings. The number of carbonyl (C=O) groups excluding carboxylic acids is 2. The third-order valence-electron chi connectivity index (χ3n) is 8.41. The SMILES string of the molecule is CC(C)[C@@H](C(=O)O)N(CS(=O)(=O)O)C1CCC(Nc2cc(-n3nc(C(F)(F)F)c4c3CC(C)(C)CC4=O)ccc2C(N)=O)CC1. The van der Waals surface area contributed by atoms with Gasteiger partial charge in [-0.15, -0.1) is 0 Å². The minimum absolute atomic E-state index is 0.0586. The number of amides is 1. The second kappa shape index (κ2) is 12.4. The summed E-state index contributed by atoms with van der Waals surface area (Å²) < 4.78 is 76.0. The first-order chi connectivity index (χ1) is 20.7. The zero-order chi connectivity index (χ0) is 33.6. The van der Waals surface area contributed by atoms with Crippen molar-refractivity contribution in [3.8, 4) is 5.69 Å². The van der Waals surface area contributed by atoms with E-state index in [-0.39, 0.29) is 41.5 Å². The van der Waals surface area contributed by atoms with Crippen molar-refractivity contribution in [3.05, 3.63) is 40.7 Å². The summed E-state index contributed by atoms with van der Waals surface area (Å²) in [5.74, 6) is -3.93. The number of Topliss-reactive ketones (excluding diaryl/α,β-unsaturated/α-hetero) is 1. The highest BCUT2D eigenvalue weighted by Gasteiger charge is 2.45. The van der Waals surface area contributed by atoms with Gasteiger partial charge in [0.25, 0.3) is 16.0 Å². The molecule has 2 aromatic rings. The van der Waals surface area contributed by atoms with Crippen LogP contribution in [-0.4, -0.2) is 74.4 Å². The smallest absolute Gasteiger partial charge is 0.435 e. The molecule has 1 heterocycles. The number of ketones is 1. The first kappa shape index (κ1) is 34.4. The van der Waals surface area contributed by atoms with Crippen LogP contribution in [0, 0.1) is 11.3 Å². The van der Waals surface area contributed by atoms with Crippen molar-refractivity contribution in [2.45, 2.75) is 90.5 Å². The summed E-state index contributed by atoms with van der Waals surface area (Å²) in [6, 6.07) is 2.31. The number of benzene rings is 1. The number of hydrogen-bond acceptors (Lipinski definition) is 8. The molecule has 1 fully saturated rings. The van der Waals surface area contributed by atoms with Crippen molar-refractivity contribution < 1.29 is 45.6 Å². The van der Waals surface area contributed by atoms with Crippen molar-refractivity contribution in [3.63, 3.8) is 0 Å². The maximum Gasteiger partial charge on any atom is 0.435 e. The average molecular weight is 658 g/mol. The van der Waals surface area contributed by atoms with Crippen LogP contribution in [-0.2, 0) is 27.5 Å². The van der Waals surface area contributed by atoms with Crippen molar-refractivity contribution >= 4 is 33.5 Å². The molecule has 1 atom stereocenters. The molecule has 0 spiro atoms. The van der Waals surface area contributed by atoms with Gasteiger partial charge in [0.2, 0.25) is 0 Å². The van der Waals surface area contributed by atoms with Gasteiger partial charge in [-0.2, -0.15) is 26.7 Å². The Morgan fingerprint density at radius 2 is 1.80 bits per heavy atom. The number of nitrogens with one attached hydrogen (secondary N) is 1. The Kier molecular flexibility index (Phi) is 9.44. The standard InChI is InChI=1S/C29H38F3N5O7S/c1-15(2)24(27(40)41)36(14-45(42,43)44)17-7-5-16(6-8-17)34-20-11-18(9-10-19(20)26(33)39)37-21-12-28(3,4)13-22(38)23(21)25(35-37)29(30,31)32/h9-11,15-17,24,34H,5-8,12-14H2,1-4H3,(H2,33,39)(H,40,41)(H,42,43,44)/t16?,17?,24-/m0/s1. The van der Waals surface area contributed by atoms with Gasteiger partial charge in [0.15, 0.2) is 11.5 Å². The molecular formula is C29H38F3N5O7S. The summed E-state index contributed by atoms with van der Waals surface area (Å²) in [5, 5.41) is 16.8. The molecule has 1 aromatic carbocycles. The highest BCUT2D eigenvalue weighted by molar-refractivity contribution is 7.85. The predicted octanol–water partition coefficient (Wildman–Crippen LogP) is 4.12. The van der Waals surface area contributed by atoms with E-state index in [0.717, 1.165) is 4.68 Å². The van der Waals surface area contributed by atoms with Crippen molar-refractivity contribution in [2.24, 2.45) is 17.1 Å². The molecule has 0 bridgehead atoms. The molecule has 2 aliphatic carbocycles. The van der Waals surface area contributed by atoms with Gasteiger partial charge in [-0.3, -0.25) is 23.8 Å². The molecule has 1 amide bonds. The van der Waals surface area contributed by atoms with E-state index in [2.05, 4.69) is 10.4 Å². The van der Waals surface area contributed by atoms with Gasteiger partial charge in [-0.05, 0) is 61.6 Å². The van der Waals surface area contributed by atoms with Gasteiger partial charge in [0.1, 0.15) is 11.9 Å². The summed E-state index contributed by atoms with van der Waals surface area (Å²) in [4.78, 5) is 38.4. The topological polar surface area (TPSA) is 185 Å². The van der Waals surface area contributed by atoms with Gasteiger partial charge in [-0.25, -0.2) is 4.68 Å². The summed E-state index contributed by atoms with van der Waals surface area (Å²) in [5.41, 5.74) is 3.92. The lowest BCUT2D eigenvalue weighted by atomic mass is 9.75. The van der Waals surface area contributed by atoms with E-state index in [1.807, 2.05) is 0 Å². The first-order valence-electron chi connectivity index (χ1n) is 14.6. The number of carbonyl (C=O) groups is 3. The minimum Gasteiger partial charge on any atom is -0.480 e. The Morgan fingerprint density at radius 3 is 2.31 bits per heavy atom. The lowest BCUT2D eigenvalue weighted by Crippen LogP contribution is -2.53. The van der Waals surface area contributed by atoms with Crippen LogP contribution in [0.25, 0.3) is 5.69 Å². The number of nitrogens with zero attached hydrogens (tertiary/aromatic N) is 3. The van der Waals surface area contributed by atoms with Crippen LogP contribution in [0.5, 0.6) is 0 Å². The molecule has 0 unspecified atom stereocenters. The number of anilines is 1. The zero-order valence-electron chi connectivity index (χ0n) is 25.4. The Bertz CT molecular complexity index is 1600. The molecule has 1 saturated carbocycles. The van der Waals surface area contributed by atoms with Crippen molar-refractivity contribution in [2.75, 3.05) is 11.2 Å². The van der Waals surface area contributed by atoms with Crippen LogP contribution in [0.2, 0.25) is 0 Å². The predicted molar refractivity (Wildman–Crippen MR) is 158 cm³/mol. The number of aliphatic carboxylic acids is 1. The van der Waals surface area contributed by atoms with Crippen molar-refractivity contribution in [1.82, 2.24) is 14.7 Å². The van der Waals surface area contributed by atoms with Gasteiger partial charge in [-0.1, -0.05) is 27.7 Å². The van der Waals surface area contributed by atoms with Crippen LogP contribution in [0.15, 0.2) is 18.2 Å². The Labute approximate surface area is 258 Å². The average Bonchev–Trinajstić information content (AvgIpc) is 3.27. The third-order valence-corrected chi connectivity index (χ3v) is 9.03. The Morgan fingerprint density at radius 1 is 1.18 bits per heavy atom. The van der Waals surface area contributed by atoms with Gasteiger partial charge >= 0.3 is 12.1 Å². The number of fused-ring (bicyclic) bond motifs is 1. The second-order valence-corrected chi connectivity index (χ2v) is 14.4. The minimum atomic E-state index is -4.86. The molecule has 5 N–H and O–H groups in total. The van der Waals surface area contributed by atoms with Crippen LogP contribution >= 0.6 is 0 Å². The maximum atomic E-state index is 14.0. The first-order valence-corrected chi connectivity index (χ1v) is 16.2.